The number of amides is 1. The molecule has 0 aromatic heterocycles. The van der Waals surface area contributed by atoms with Crippen LogP contribution >= 0.6 is 0 Å². The number of carbonyl (C=O) groups is 1. The lowest BCUT2D eigenvalue weighted by Gasteiger charge is -2.28. The van der Waals surface area contributed by atoms with Gasteiger partial charge in [-0.1, -0.05) is 56.7 Å². The Kier molecular flexibility index (Phi) is 5.42. The van der Waals surface area contributed by atoms with Gasteiger partial charge < -0.3 is 4.74 Å². The molecule has 0 saturated carbocycles. The van der Waals surface area contributed by atoms with Crippen LogP contribution < -0.4 is 0 Å². The van der Waals surface area contributed by atoms with E-state index in [2.05, 4.69) is 26.5 Å². The molecule has 0 N–H and O–H groups in total. The zero-order valence-corrected chi connectivity index (χ0v) is 13.5. The van der Waals surface area contributed by atoms with Gasteiger partial charge in [-0.15, -0.1) is 6.58 Å². The Bertz CT molecular complexity index is 550. The Morgan fingerprint density at radius 2 is 2.00 bits per heavy atom. The summed E-state index contributed by atoms with van der Waals surface area (Å²) in [5.41, 5.74) is 1.53. The summed E-state index contributed by atoms with van der Waals surface area (Å²) in [4.78, 5) is 14.0. The summed E-state index contributed by atoms with van der Waals surface area (Å²) in [6.45, 7) is 8.47. The molecule has 0 radical (unpaired) electrons. The molecule has 3 nitrogen and oxygen atoms in total. The Balaban J connectivity index is 2.45. The summed E-state index contributed by atoms with van der Waals surface area (Å²) in [6, 6.07) is 10.1. The van der Waals surface area contributed by atoms with Gasteiger partial charge in [0.1, 0.15) is 0 Å². The molecule has 118 valence electrons. The number of benzene rings is 1. The predicted molar refractivity (Wildman–Crippen MR) is 90.4 cm³/mol. The van der Waals surface area contributed by atoms with Crippen LogP contribution in [-0.2, 0) is 4.74 Å². The van der Waals surface area contributed by atoms with E-state index in [-0.39, 0.29) is 6.09 Å². The summed E-state index contributed by atoms with van der Waals surface area (Å²) < 4.78 is 5.82. The molecule has 0 spiro atoms. The minimum absolute atomic E-state index is 0.264. The minimum atomic E-state index is -0.508. The van der Waals surface area contributed by atoms with Crippen molar-refractivity contribution in [1.82, 2.24) is 4.90 Å². The molecule has 0 aliphatic carbocycles. The Labute approximate surface area is 133 Å². The number of carbonyl (C=O) groups excluding carboxylic acids is 1. The fourth-order valence-corrected chi connectivity index (χ4v) is 2.91. The van der Waals surface area contributed by atoms with Crippen molar-refractivity contribution in [2.24, 2.45) is 0 Å². The summed E-state index contributed by atoms with van der Waals surface area (Å²) >= 11 is 0. The van der Waals surface area contributed by atoms with Crippen LogP contribution in [0, 0.1) is 0 Å². The van der Waals surface area contributed by atoms with Gasteiger partial charge in [0.2, 0.25) is 0 Å². The van der Waals surface area contributed by atoms with E-state index in [0.29, 0.717) is 6.54 Å². The first kappa shape index (κ1) is 16.3. The van der Waals surface area contributed by atoms with Gasteiger partial charge in [-0.25, -0.2) is 4.79 Å². The molecule has 1 aliphatic rings. The fraction of sp³-hybridized carbons (Fsp3) is 0.421. The molecule has 0 bridgehead atoms. The first-order chi connectivity index (χ1) is 10.7. The lowest BCUT2D eigenvalue weighted by Crippen LogP contribution is -2.31. The molecule has 1 fully saturated rings. The average molecular weight is 299 g/mol. The average Bonchev–Trinajstić information content (AvgIpc) is 2.80. The number of nitrogens with zero attached hydrogens (tertiary/aromatic N) is 1. The second-order valence-corrected chi connectivity index (χ2v) is 5.66. The highest BCUT2D eigenvalue weighted by Crippen LogP contribution is 2.41. The minimum Gasteiger partial charge on any atom is -0.436 e. The van der Waals surface area contributed by atoms with Crippen molar-refractivity contribution in [2.45, 2.75) is 45.1 Å². The standard InChI is InChI=1S/C19H25NO2/c1-4-7-13-19(6-3)17(15-16-11-9-8-10-12-16)20(14-5-2)18(21)22-19/h5,8-12,15H,2,4,6-7,13-14H2,1,3H3/b17-15+. The summed E-state index contributed by atoms with van der Waals surface area (Å²) in [5, 5.41) is 0. The number of ether oxygens (including phenoxy) is 1. The lowest BCUT2D eigenvalue weighted by molar-refractivity contribution is 0.0577. The molecular weight excluding hydrogens is 274 g/mol. The van der Waals surface area contributed by atoms with Crippen molar-refractivity contribution in [3.05, 3.63) is 54.2 Å². The van der Waals surface area contributed by atoms with E-state index >= 15 is 0 Å². The Hall–Kier alpha value is -2.03. The smallest absolute Gasteiger partial charge is 0.415 e. The predicted octanol–water partition coefficient (Wildman–Crippen LogP) is 5.00. The van der Waals surface area contributed by atoms with E-state index in [4.69, 9.17) is 4.74 Å². The largest absolute Gasteiger partial charge is 0.436 e. The van der Waals surface area contributed by atoms with Crippen LogP contribution in [0.2, 0.25) is 0 Å². The highest BCUT2D eigenvalue weighted by atomic mass is 16.6. The van der Waals surface area contributed by atoms with Gasteiger partial charge in [-0.3, -0.25) is 4.90 Å². The highest BCUT2D eigenvalue weighted by molar-refractivity contribution is 5.78. The van der Waals surface area contributed by atoms with Crippen LogP contribution in [0.4, 0.5) is 4.79 Å². The number of hydrogen-bond donors (Lipinski definition) is 0. The van der Waals surface area contributed by atoms with E-state index < -0.39 is 5.60 Å². The highest BCUT2D eigenvalue weighted by Gasteiger charge is 2.47. The molecule has 1 unspecified atom stereocenters. The van der Waals surface area contributed by atoms with Crippen molar-refractivity contribution < 1.29 is 9.53 Å². The third kappa shape index (κ3) is 3.24. The van der Waals surface area contributed by atoms with Crippen LogP contribution in [0.1, 0.15) is 45.1 Å². The van der Waals surface area contributed by atoms with Crippen LogP contribution in [0.15, 0.2) is 48.7 Å². The molecule has 22 heavy (non-hydrogen) atoms. The van der Waals surface area contributed by atoms with E-state index in [0.717, 1.165) is 36.9 Å². The number of hydrogen-bond acceptors (Lipinski definition) is 2. The van der Waals surface area contributed by atoms with Gasteiger partial charge in [0.15, 0.2) is 5.60 Å². The van der Waals surface area contributed by atoms with Crippen molar-refractivity contribution in [3.63, 3.8) is 0 Å². The van der Waals surface area contributed by atoms with Crippen LogP contribution in [0.3, 0.4) is 0 Å². The van der Waals surface area contributed by atoms with Crippen molar-refractivity contribution in [1.29, 1.82) is 0 Å². The normalized spacial score (nSPS) is 22.9. The molecule has 1 amide bonds. The fourth-order valence-electron chi connectivity index (χ4n) is 2.91. The van der Waals surface area contributed by atoms with E-state index in [1.807, 2.05) is 30.3 Å². The molecule has 1 heterocycles. The molecule has 1 aromatic rings. The van der Waals surface area contributed by atoms with E-state index in [1.54, 1.807) is 11.0 Å². The third-order valence-corrected chi connectivity index (χ3v) is 4.18. The first-order valence-electron chi connectivity index (χ1n) is 8.05. The maximum Gasteiger partial charge on any atom is 0.415 e. The van der Waals surface area contributed by atoms with Crippen molar-refractivity contribution in [3.8, 4) is 0 Å². The summed E-state index contributed by atoms with van der Waals surface area (Å²) in [6.07, 6.45) is 7.32. The first-order valence-corrected chi connectivity index (χ1v) is 8.05. The van der Waals surface area contributed by atoms with Gasteiger partial charge in [-0.2, -0.15) is 0 Å². The SMILES string of the molecule is C=CCN1C(=O)OC(CC)(CCCC)/C1=C\c1ccccc1. The van der Waals surface area contributed by atoms with Gasteiger partial charge >= 0.3 is 6.09 Å². The van der Waals surface area contributed by atoms with Crippen LogP contribution in [0.25, 0.3) is 6.08 Å². The van der Waals surface area contributed by atoms with Crippen LogP contribution in [-0.4, -0.2) is 23.1 Å². The molecular formula is C19H25NO2. The quantitative estimate of drug-likeness (QED) is 0.663. The maximum absolute atomic E-state index is 12.3. The van der Waals surface area contributed by atoms with Gasteiger partial charge in [0.05, 0.1) is 5.70 Å². The summed E-state index contributed by atoms with van der Waals surface area (Å²) in [7, 11) is 0. The van der Waals surface area contributed by atoms with E-state index in [1.165, 1.54) is 0 Å². The molecule has 1 atom stereocenters. The number of cyclic esters (lactones) is 1. The molecule has 1 aromatic carbocycles. The zero-order chi connectivity index (χ0) is 16.0. The van der Waals surface area contributed by atoms with Crippen molar-refractivity contribution >= 4 is 12.2 Å². The summed E-state index contributed by atoms with van der Waals surface area (Å²) in [5.74, 6) is 0. The topological polar surface area (TPSA) is 29.5 Å². The molecule has 1 aliphatic heterocycles. The zero-order valence-electron chi connectivity index (χ0n) is 13.5. The maximum atomic E-state index is 12.3. The number of unbranched alkanes of at least 4 members (excludes halogenated alkanes) is 1. The van der Waals surface area contributed by atoms with Crippen molar-refractivity contribution in [2.75, 3.05) is 6.54 Å². The Morgan fingerprint density at radius 1 is 1.27 bits per heavy atom. The van der Waals surface area contributed by atoms with Gasteiger partial charge in [-0.05, 0) is 30.9 Å². The Morgan fingerprint density at radius 3 is 2.59 bits per heavy atom. The third-order valence-electron chi connectivity index (χ3n) is 4.18. The van der Waals surface area contributed by atoms with Gasteiger partial charge in [0, 0.05) is 6.54 Å². The monoisotopic (exact) mass is 299 g/mol. The second kappa shape index (κ2) is 7.30. The van der Waals surface area contributed by atoms with E-state index in [9.17, 15) is 4.79 Å². The van der Waals surface area contributed by atoms with Gasteiger partial charge in [0.25, 0.3) is 0 Å². The molecule has 3 heteroatoms. The second-order valence-electron chi connectivity index (χ2n) is 5.66. The number of rotatable bonds is 7. The molecule has 1 saturated heterocycles. The van der Waals surface area contributed by atoms with Crippen LogP contribution in [0.5, 0.6) is 0 Å². The lowest BCUT2D eigenvalue weighted by atomic mass is 9.89. The molecule has 2 rings (SSSR count).